The van der Waals surface area contributed by atoms with Crippen LogP contribution in [0.2, 0.25) is 5.02 Å². The Balaban J connectivity index is 1.65. The summed E-state index contributed by atoms with van der Waals surface area (Å²) in [4.78, 5) is 14.5. The molecule has 1 aromatic heterocycles. The number of amides is 1. The van der Waals surface area contributed by atoms with E-state index in [0.717, 1.165) is 5.56 Å². The van der Waals surface area contributed by atoms with Crippen molar-refractivity contribution < 1.29 is 31.1 Å². The van der Waals surface area contributed by atoms with Crippen LogP contribution in [0.5, 0.6) is 0 Å². The summed E-state index contributed by atoms with van der Waals surface area (Å²) in [5, 5.41) is 0.556. The Bertz CT molecular complexity index is 1160. The van der Waals surface area contributed by atoms with E-state index in [4.69, 9.17) is 11.6 Å². The Morgan fingerprint density at radius 3 is 2.12 bits per heavy atom. The SMILES string of the molecule is O=C(c1cc(C(F)(F)F)cc(C(F)(F)F)c1)N(Cc1cccn1Cc1ccccc1Cl)C1CC1. The Kier molecular flexibility index (Phi) is 6.42. The van der Waals surface area contributed by atoms with Gasteiger partial charge in [0, 0.05) is 35.1 Å². The van der Waals surface area contributed by atoms with Crippen LogP contribution in [0.3, 0.4) is 0 Å². The van der Waals surface area contributed by atoms with Gasteiger partial charge < -0.3 is 9.47 Å². The number of rotatable bonds is 6. The van der Waals surface area contributed by atoms with Crippen LogP contribution in [0, 0.1) is 0 Å². The molecule has 4 rings (SSSR count). The maximum absolute atomic E-state index is 13.3. The first-order valence-corrected chi connectivity index (χ1v) is 10.8. The highest BCUT2D eigenvalue weighted by atomic mass is 35.5. The molecular weight excluding hydrogens is 482 g/mol. The predicted molar refractivity (Wildman–Crippen MR) is 114 cm³/mol. The van der Waals surface area contributed by atoms with Crippen LogP contribution in [-0.4, -0.2) is 21.4 Å². The molecule has 0 aliphatic heterocycles. The van der Waals surface area contributed by atoms with Gasteiger partial charge in [0.2, 0.25) is 0 Å². The summed E-state index contributed by atoms with van der Waals surface area (Å²) in [5.74, 6) is -0.871. The normalized spacial score (nSPS) is 14.3. The van der Waals surface area contributed by atoms with Crippen molar-refractivity contribution in [2.75, 3.05) is 0 Å². The largest absolute Gasteiger partial charge is 0.416 e. The fraction of sp³-hybridized carbons (Fsp3) is 0.292. The van der Waals surface area contributed by atoms with Crippen LogP contribution in [0.4, 0.5) is 26.3 Å². The standard InChI is InChI=1S/C24H19ClF6N2O/c25-21-6-2-1-4-15(21)13-32-9-3-5-20(32)14-33(19-7-8-19)22(34)16-10-17(23(26,27)28)12-18(11-16)24(29,30)31/h1-6,9-12,19H,7-8,13-14H2. The van der Waals surface area contributed by atoms with E-state index >= 15 is 0 Å². The number of hydrogen-bond acceptors (Lipinski definition) is 1. The summed E-state index contributed by atoms with van der Waals surface area (Å²) in [7, 11) is 0. The molecule has 1 fully saturated rings. The van der Waals surface area contributed by atoms with Gasteiger partial charge in [-0.3, -0.25) is 4.79 Å². The number of aromatic nitrogens is 1. The van der Waals surface area contributed by atoms with Crippen molar-refractivity contribution in [1.82, 2.24) is 9.47 Å². The van der Waals surface area contributed by atoms with Gasteiger partial charge >= 0.3 is 12.4 Å². The van der Waals surface area contributed by atoms with Gasteiger partial charge in [0.25, 0.3) is 5.91 Å². The smallest absolute Gasteiger partial charge is 0.345 e. The van der Waals surface area contributed by atoms with Gasteiger partial charge in [-0.15, -0.1) is 0 Å². The fourth-order valence-electron chi connectivity index (χ4n) is 3.73. The average Bonchev–Trinajstić information content (AvgIpc) is 3.51. The monoisotopic (exact) mass is 500 g/mol. The molecule has 3 nitrogen and oxygen atoms in total. The molecule has 0 N–H and O–H groups in total. The van der Waals surface area contributed by atoms with Gasteiger partial charge in [-0.25, -0.2) is 0 Å². The molecule has 2 aromatic carbocycles. The van der Waals surface area contributed by atoms with Crippen LogP contribution >= 0.6 is 11.6 Å². The second-order valence-corrected chi connectivity index (χ2v) is 8.58. The number of benzene rings is 2. The van der Waals surface area contributed by atoms with Crippen molar-refractivity contribution >= 4 is 17.5 Å². The summed E-state index contributed by atoms with van der Waals surface area (Å²) >= 11 is 6.23. The first-order chi connectivity index (χ1) is 15.9. The minimum Gasteiger partial charge on any atom is -0.345 e. The molecule has 180 valence electrons. The molecule has 0 spiro atoms. The van der Waals surface area contributed by atoms with Crippen LogP contribution in [0.15, 0.2) is 60.8 Å². The van der Waals surface area contributed by atoms with E-state index in [1.165, 1.54) is 4.90 Å². The highest BCUT2D eigenvalue weighted by molar-refractivity contribution is 6.31. The summed E-state index contributed by atoms with van der Waals surface area (Å²) in [6.07, 6.45) is -7.01. The third-order valence-corrected chi connectivity index (χ3v) is 6.01. The van der Waals surface area contributed by atoms with Crippen molar-refractivity contribution in [2.45, 2.75) is 44.3 Å². The third kappa shape index (κ3) is 5.41. The summed E-state index contributed by atoms with van der Waals surface area (Å²) < 4.78 is 81.4. The Morgan fingerprint density at radius 2 is 1.56 bits per heavy atom. The number of carbonyl (C=O) groups is 1. The molecule has 1 aliphatic rings. The van der Waals surface area contributed by atoms with Crippen LogP contribution in [0.25, 0.3) is 0 Å². The van der Waals surface area contributed by atoms with E-state index in [2.05, 4.69) is 0 Å². The zero-order valence-corrected chi connectivity index (χ0v) is 18.4. The Hall–Kier alpha value is -2.94. The summed E-state index contributed by atoms with van der Waals surface area (Å²) in [6.45, 7) is 0.440. The van der Waals surface area contributed by atoms with Gasteiger partial charge in [-0.1, -0.05) is 29.8 Å². The molecule has 1 heterocycles. The average molecular weight is 501 g/mol. The maximum atomic E-state index is 13.3. The molecule has 0 bridgehead atoms. The Morgan fingerprint density at radius 1 is 0.941 bits per heavy atom. The molecule has 34 heavy (non-hydrogen) atoms. The lowest BCUT2D eigenvalue weighted by atomic mass is 10.0. The van der Waals surface area contributed by atoms with Crippen molar-refractivity contribution in [3.63, 3.8) is 0 Å². The minimum atomic E-state index is -5.02. The highest BCUT2D eigenvalue weighted by Crippen LogP contribution is 2.37. The lowest BCUT2D eigenvalue weighted by molar-refractivity contribution is -0.143. The van der Waals surface area contributed by atoms with Crippen LogP contribution in [-0.2, 0) is 25.4 Å². The number of alkyl halides is 6. The van der Waals surface area contributed by atoms with Gasteiger partial charge in [0.05, 0.1) is 17.7 Å². The molecule has 0 atom stereocenters. The van der Waals surface area contributed by atoms with E-state index in [1.54, 1.807) is 30.5 Å². The van der Waals surface area contributed by atoms with E-state index in [1.807, 2.05) is 16.7 Å². The molecule has 1 amide bonds. The molecule has 1 saturated carbocycles. The highest BCUT2D eigenvalue weighted by Gasteiger charge is 2.39. The van der Waals surface area contributed by atoms with Gasteiger partial charge in [-0.05, 0) is 54.8 Å². The van der Waals surface area contributed by atoms with Crippen molar-refractivity contribution in [3.05, 3.63) is 93.8 Å². The van der Waals surface area contributed by atoms with Crippen molar-refractivity contribution in [1.29, 1.82) is 0 Å². The first-order valence-electron chi connectivity index (χ1n) is 10.4. The molecule has 10 heteroatoms. The topological polar surface area (TPSA) is 25.2 Å². The molecule has 0 unspecified atom stereocenters. The zero-order valence-electron chi connectivity index (χ0n) is 17.6. The van der Waals surface area contributed by atoms with E-state index in [0.29, 0.717) is 42.2 Å². The van der Waals surface area contributed by atoms with E-state index < -0.39 is 35.0 Å². The number of carbonyl (C=O) groups excluding carboxylic acids is 1. The van der Waals surface area contributed by atoms with E-state index in [-0.39, 0.29) is 18.7 Å². The second kappa shape index (κ2) is 9.02. The summed E-state index contributed by atoms with van der Waals surface area (Å²) in [6, 6.07) is 11.5. The first kappa shape index (κ1) is 24.2. The molecule has 0 saturated heterocycles. The second-order valence-electron chi connectivity index (χ2n) is 8.18. The quantitative estimate of drug-likeness (QED) is 0.333. The maximum Gasteiger partial charge on any atom is 0.416 e. The summed E-state index contributed by atoms with van der Waals surface area (Å²) in [5.41, 5.74) is -2.15. The van der Waals surface area contributed by atoms with Crippen molar-refractivity contribution in [2.24, 2.45) is 0 Å². The van der Waals surface area contributed by atoms with Crippen LogP contribution < -0.4 is 0 Å². The van der Waals surface area contributed by atoms with Gasteiger partial charge in [0.1, 0.15) is 0 Å². The molecular formula is C24H19ClF6N2O. The Labute approximate surface area is 196 Å². The third-order valence-electron chi connectivity index (χ3n) is 5.64. The lowest BCUT2D eigenvalue weighted by Gasteiger charge is -2.24. The fourth-order valence-corrected chi connectivity index (χ4v) is 3.92. The van der Waals surface area contributed by atoms with Gasteiger partial charge in [0.15, 0.2) is 0 Å². The molecule has 3 aromatic rings. The number of nitrogens with zero attached hydrogens (tertiary/aromatic N) is 2. The van der Waals surface area contributed by atoms with Crippen molar-refractivity contribution in [3.8, 4) is 0 Å². The van der Waals surface area contributed by atoms with Crippen LogP contribution in [0.1, 0.15) is 45.6 Å². The van der Waals surface area contributed by atoms with E-state index in [9.17, 15) is 31.1 Å². The number of hydrogen-bond donors (Lipinski definition) is 0. The lowest BCUT2D eigenvalue weighted by Crippen LogP contribution is -2.34. The molecule has 1 aliphatic carbocycles. The van der Waals surface area contributed by atoms with Gasteiger partial charge in [-0.2, -0.15) is 26.3 Å². The number of halogens is 7. The minimum absolute atomic E-state index is 0.0208. The molecule has 0 radical (unpaired) electrons. The zero-order chi connectivity index (χ0) is 24.7. The predicted octanol–water partition coefficient (Wildman–Crippen LogP) is 7.03.